The van der Waals surface area contributed by atoms with Gasteiger partial charge in [0.15, 0.2) is 0 Å². The number of nitrogens with zero attached hydrogens (tertiary/aromatic N) is 2. The Morgan fingerprint density at radius 1 is 1.11 bits per heavy atom. The molecule has 1 aromatic carbocycles. The summed E-state index contributed by atoms with van der Waals surface area (Å²) in [6.07, 6.45) is 4.74. The van der Waals surface area contributed by atoms with Crippen molar-refractivity contribution in [1.82, 2.24) is 14.5 Å². The summed E-state index contributed by atoms with van der Waals surface area (Å²) in [7, 11) is -3.62. The van der Waals surface area contributed by atoms with Gasteiger partial charge in [0.2, 0.25) is 10.0 Å². The number of benzene rings is 1. The van der Waals surface area contributed by atoms with Crippen LogP contribution in [0.1, 0.15) is 41.6 Å². The number of ether oxygens (including phenoxy) is 1. The van der Waals surface area contributed by atoms with Gasteiger partial charge in [-0.2, -0.15) is 4.31 Å². The van der Waals surface area contributed by atoms with E-state index in [0.717, 1.165) is 26.1 Å². The summed E-state index contributed by atoms with van der Waals surface area (Å²) < 4.78 is 32.6. The van der Waals surface area contributed by atoms with E-state index >= 15 is 0 Å². The molecule has 2 aliphatic heterocycles. The first-order valence-corrected chi connectivity index (χ1v) is 11.6. The van der Waals surface area contributed by atoms with Crippen molar-refractivity contribution in [3.05, 3.63) is 29.3 Å². The van der Waals surface area contributed by atoms with Crippen LogP contribution in [0.15, 0.2) is 23.1 Å². The number of hydrogen-bond donors (Lipinski definition) is 1. The second-order valence-corrected chi connectivity index (χ2v) is 9.41. The molecule has 3 rings (SSSR count). The molecule has 0 aromatic heterocycles. The third-order valence-electron chi connectivity index (χ3n) is 5.42. The Hall–Kier alpha value is -1.48. The number of carbonyl (C=O) groups is 1. The Bertz CT molecular complexity index is 770. The van der Waals surface area contributed by atoms with Crippen molar-refractivity contribution in [2.75, 3.05) is 52.5 Å². The van der Waals surface area contributed by atoms with Crippen LogP contribution in [0, 0.1) is 6.92 Å². The lowest BCUT2D eigenvalue weighted by Gasteiger charge is -2.27. The average molecular weight is 410 g/mol. The predicted molar refractivity (Wildman–Crippen MR) is 108 cm³/mol. The van der Waals surface area contributed by atoms with E-state index in [1.54, 1.807) is 19.1 Å². The second-order valence-electron chi connectivity index (χ2n) is 7.51. The standard InChI is InChI=1S/C20H31N3O4S/c1-17-6-7-18(16-19(17)28(25,26)23-12-14-27-15-13-23)20(24)21-8-5-11-22-9-3-2-4-10-22/h6-7,16H,2-5,8-15H2,1H3,(H,21,24). The second kappa shape index (κ2) is 9.82. The zero-order valence-electron chi connectivity index (χ0n) is 16.7. The van der Waals surface area contributed by atoms with Crippen LogP contribution in [0.3, 0.4) is 0 Å². The van der Waals surface area contributed by atoms with Crippen LogP contribution in [0.25, 0.3) is 0 Å². The summed E-state index contributed by atoms with van der Waals surface area (Å²) in [6, 6.07) is 4.89. The van der Waals surface area contributed by atoms with Crippen molar-refractivity contribution in [2.24, 2.45) is 0 Å². The van der Waals surface area contributed by atoms with Crippen LogP contribution < -0.4 is 5.32 Å². The van der Waals surface area contributed by atoms with Gasteiger partial charge in [0.25, 0.3) is 5.91 Å². The lowest BCUT2D eigenvalue weighted by atomic mass is 10.1. The third kappa shape index (κ3) is 5.31. The number of carbonyl (C=O) groups excluding carboxylic acids is 1. The smallest absolute Gasteiger partial charge is 0.251 e. The molecule has 2 aliphatic rings. The molecule has 1 N–H and O–H groups in total. The molecule has 0 saturated carbocycles. The summed E-state index contributed by atoms with van der Waals surface area (Å²) in [5.41, 5.74) is 1.03. The van der Waals surface area contributed by atoms with E-state index in [-0.39, 0.29) is 10.8 Å². The zero-order chi connectivity index (χ0) is 20.0. The van der Waals surface area contributed by atoms with Crippen LogP contribution in [-0.2, 0) is 14.8 Å². The Morgan fingerprint density at radius 3 is 2.54 bits per heavy atom. The Morgan fingerprint density at radius 2 is 1.82 bits per heavy atom. The Kier molecular flexibility index (Phi) is 7.45. The SMILES string of the molecule is Cc1ccc(C(=O)NCCCN2CCCCC2)cc1S(=O)(=O)N1CCOCC1. The molecule has 0 radical (unpaired) electrons. The first kappa shape index (κ1) is 21.2. The summed E-state index contributed by atoms with van der Waals surface area (Å²) in [5.74, 6) is -0.225. The number of aryl methyl sites for hydroxylation is 1. The minimum absolute atomic E-state index is 0.204. The number of likely N-dealkylation sites (tertiary alicyclic amines) is 1. The van der Waals surface area contributed by atoms with E-state index in [9.17, 15) is 13.2 Å². The van der Waals surface area contributed by atoms with E-state index < -0.39 is 10.0 Å². The first-order chi connectivity index (χ1) is 13.5. The van der Waals surface area contributed by atoms with Gasteiger partial charge in [-0.15, -0.1) is 0 Å². The number of morpholine rings is 1. The fourth-order valence-electron chi connectivity index (χ4n) is 3.73. The van der Waals surface area contributed by atoms with Gasteiger partial charge >= 0.3 is 0 Å². The number of amides is 1. The highest BCUT2D eigenvalue weighted by atomic mass is 32.2. The Labute approximate surface area is 168 Å². The topological polar surface area (TPSA) is 79.0 Å². The maximum Gasteiger partial charge on any atom is 0.251 e. The third-order valence-corrected chi connectivity index (χ3v) is 7.46. The molecule has 2 heterocycles. The number of nitrogens with one attached hydrogen (secondary N) is 1. The highest BCUT2D eigenvalue weighted by Gasteiger charge is 2.28. The molecule has 1 amide bonds. The molecule has 7 nitrogen and oxygen atoms in total. The van der Waals surface area contributed by atoms with E-state index in [0.29, 0.717) is 44.0 Å². The molecule has 28 heavy (non-hydrogen) atoms. The molecule has 0 bridgehead atoms. The zero-order valence-corrected chi connectivity index (χ0v) is 17.5. The van der Waals surface area contributed by atoms with Crippen molar-refractivity contribution in [3.63, 3.8) is 0 Å². The highest BCUT2D eigenvalue weighted by Crippen LogP contribution is 2.22. The average Bonchev–Trinajstić information content (AvgIpc) is 2.72. The van der Waals surface area contributed by atoms with Gasteiger partial charge in [0.05, 0.1) is 18.1 Å². The van der Waals surface area contributed by atoms with Gasteiger partial charge < -0.3 is 15.0 Å². The lowest BCUT2D eigenvalue weighted by Crippen LogP contribution is -2.41. The fraction of sp³-hybridized carbons (Fsp3) is 0.650. The van der Waals surface area contributed by atoms with Crippen molar-refractivity contribution in [2.45, 2.75) is 37.5 Å². The minimum Gasteiger partial charge on any atom is -0.379 e. The van der Waals surface area contributed by atoms with Crippen molar-refractivity contribution < 1.29 is 17.9 Å². The number of hydrogen-bond acceptors (Lipinski definition) is 5. The minimum atomic E-state index is -3.62. The molecule has 2 saturated heterocycles. The van der Waals surface area contributed by atoms with E-state index in [2.05, 4.69) is 10.2 Å². The molecule has 0 aliphatic carbocycles. The van der Waals surface area contributed by atoms with Gasteiger partial charge in [-0.3, -0.25) is 4.79 Å². The van der Waals surface area contributed by atoms with Crippen LogP contribution in [-0.4, -0.2) is 76.0 Å². The highest BCUT2D eigenvalue weighted by molar-refractivity contribution is 7.89. The van der Waals surface area contributed by atoms with E-state index in [1.807, 2.05) is 0 Å². The normalized spacial score (nSPS) is 19.5. The van der Waals surface area contributed by atoms with Gasteiger partial charge in [0, 0.05) is 25.2 Å². The fourth-order valence-corrected chi connectivity index (χ4v) is 5.39. The van der Waals surface area contributed by atoms with Crippen LogP contribution in [0.2, 0.25) is 0 Å². The summed E-state index contributed by atoms with van der Waals surface area (Å²) in [6.45, 7) is 7.12. The summed E-state index contributed by atoms with van der Waals surface area (Å²) in [5, 5.41) is 2.92. The van der Waals surface area contributed by atoms with Gasteiger partial charge in [-0.05, 0) is 63.5 Å². The van der Waals surface area contributed by atoms with Crippen LogP contribution >= 0.6 is 0 Å². The first-order valence-electron chi connectivity index (χ1n) is 10.2. The van der Waals surface area contributed by atoms with E-state index in [4.69, 9.17) is 4.74 Å². The van der Waals surface area contributed by atoms with Crippen LogP contribution in [0.5, 0.6) is 0 Å². The Balaban J connectivity index is 1.59. The molecular weight excluding hydrogens is 378 g/mol. The van der Waals surface area contributed by atoms with E-state index in [1.165, 1.54) is 29.6 Å². The maximum absolute atomic E-state index is 13.0. The number of sulfonamides is 1. The molecule has 2 fully saturated rings. The molecular formula is C20H31N3O4S. The molecule has 8 heteroatoms. The van der Waals surface area contributed by atoms with Crippen LogP contribution in [0.4, 0.5) is 0 Å². The number of piperidine rings is 1. The van der Waals surface area contributed by atoms with Gasteiger partial charge in [0.1, 0.15) is 0 Å². The largest absolute Gasteiger partial charge is 0.379 e. The summed E-state index contributed by atoms with van der Waals surface area (Å²) >= 11 is 0. The predicted octanol–water partition coefficient (Wildman–Crippen LogP) is 1.62. The molecule has 0 spiro atoms. The number of rotatable bonds is 7. The van der Waals surface area contributed by atoms with Crippen molar-refractivity contribution in [3.8, 4) is 0 Å². The monoisotopic (exact) mass is 409 g/mol. The molecule has 0 unspecified atom stereocenters. The van der Waals surface area contributed by atoms with Crippen molar-refractivity contribution >= 4 is 15.9 Å². The quantitative estimate of drug-likeness (QED) is 0.693. The van der Waals surface area contributed by atoms with Gasteiger partial charge in [-0.25, -0.2) is 8.42 Å². The molecule has 1 aromatic rings. The maximum atomic E-state index is 13.0. The molecule has 0 atom stereocenters. The van der Waals surface area contributed by atoms with Crippen molar-refractivity contribution in [1.29, 1.82) is 0 Å². The lowest BCUT2D eigenvalue weighted by molar-refractivity contribution is 0.0730. The summed E-state index contributed by atoms with van der Waals surface area (Å²) in [4.78, 5) is 15.2. The molecule has 156 valence electrons. The van der Waals surface area contributed by atoms with Gasteiger partial charge in [-0.1, -0.05) is 12.5 Å².